The first-order valence-corrected chi connectivity index (χ1v) is 6.56. The van der Waals surface area contributed by atoms with Crippen LogP contribution in [0.5, 0.6) is 5.88 Å². The number of fused-ring (bicyclic) bond motifs is 1. The number of benzene rings is 1. The lowest BCUT2D eigenvalue weighted by molar-refractivity contribution is 0.402. The zero-order valence-corrected chi connectivity index (χ0v) is 12.1. The number of aromatic nitrogens is 2. The van der Waals surface area contributed by atoms with Crippen LogP contribution in [0.15, 0.2) is 54.9 Å². The zero-order valence-electron chi connectivity index (χ0n) is 12.1. The van der Waals surface area contributed by atoms with E-state index in [9.17, 15) is 0 Å². The molecule has 0 unspecified atom stereocenters. The quantitative estimate of drug-likeness (QED) is 0.772. The molecule has 3 aromatic rings. The molecule has 0 spiro atoms. The minimum absolute atomic E-state index is 0.536. The van der Waals surface area contributed by atoms with Crippen LogP contribution < -0.4 is 15.8 Å². The molecule has 0 fully saturated rings. The van der Waals surface area contributed by atoms with E-state index in [0.29, 0.717) is 5.88 Å². The normalized spacial score (nSPS) is 9.67. The van der Waals surface area contributed by atoms with Gasteiger partial charge in [-0.05, 0) is 31.3 Å². The molecule has 2 heterocycles. The van der Waals surface area contributed by atoms with Crippen LogP contribution in [0.1, 0.15) is 0 Å². The van der Waals surface area contributed by atoms with Gasteiger partial charge in [-0.3, -0.25) is 4.98 Å². The highest BCUT2D eigenvalue weighted by molar-refractivity contribution is 5.95. The lowest BCUT2D eigenvalue weighted by Gasteiger charge is -2.10. The Morgan fingerprint density at radius 1 is 0.952 bits per heavy atom. The number of nitrogens with two attached hydrogens (primary N) is 1. The highest BCUT2D eigenvalue weighted by Gasteiger charge is 2.07. The molecule has 0 aliphatic rings. The van der Waals surface area contributed by atoms with Gasteiger partial charge < -0.3 is 15.8 Å². The number of para-hydroxylation sites is 1. The highest BCUT2D eigenvalue weighted by atomic mass is 16.5. The van der Waals surface area contributed by atoms with Crippen LogP contribution in [0, 0.1) is 0 Å². The van der Waals surface area contributed by atoms with Crippen LogP contribution >= 0.6 is 0 Å². The number of nitrogens with zero attached hydrogens (tertiary/aromatic N) is 2. The van der Waals surface area contributed by atoms with Gasteiger partial charge in [-0.25, -0.2) is 4.98 Å². The fourth-order valence-electron chi connectivity index (χ4n) is 1.99. The third kappa shape index (κ3) is 3.27. The molecule has 108 valence electrons. The second-order valence-corrected chi connectivity index (χ2v) is 4.07. The van der Waals surface area contributed by atoms with Crippen molar-refractivity contribution in [2.45, 2.75) is 0 Å². The molecule has 21 heavy (non-hydrogen) atoms. The van der Waals surface area contributed by atoms with Gasteiger partial charge in [-0.1, -0.05) is 18.2 Å². The molecule has 0 saturated carbocycles. The lowest BCUT2D eigenvalue weighted by atomic mass is 10.2. The van der Waals surface area contributed by atoms with Gasteiger partial charge in [0.05, 0.1) is 7.11 Å². The minimum atomic E-state index is 0.536. The van der Waals surface area contributed by atoms with E-state index in [-0.39, 0.29) is 0 Å². The molecule has 0 atom stereocenters. The molecular weight excluding hydrogens is 264 g/mol. The Morgan fingerprint density at radius 3 is 2.38 bits per heavy atom. The van der Waals surface area contributed by atoms with Gasteiger partial charge in [0.1, 0.15) is 5.52 Å². The van der Waals surface area contributed by atoms with Crippen molar-refractivity contribution in [1.29, 1.82) is 0 Å². The van der Waals surface area contributed by atoms with Crippen molar-refractivity contribution in [3.63, 3.8) is 0 Å². The monoisotopic (exact) mass is 282 g/mol. The number of pyridine rings is 2. The predicted octanol–water partition coefficient (Wildman–Crippen LogP) is 2.96. The third-order valence-electron chi connectivity index (χ3n) is 2.87. The van der Waals surface area contributed by atoms with Crippen LogP contribution in [0.2, 0.25) is 0 Å². The van der Waals surface area contributed by atoms with Gasteiger partial charge >= 0.3 is 0 Å². The van der Waals surface area contributed by atoms with E-state index < -0.39 is 0 Å². The molecule has 3 N–H and O–H groups in total. The Balaban J connectivity index is 0.000000774. The Kier molecular flexibility index (Phi) is 5.06. The number of nitrogens with one attached hydrogen (secondary N) is 1. The number of hydrogen-bond donors (Lipinski definition) is 2. The average Bonchev–Trinajstić information content (AvgIpc) is 2.57. The standard InChI is InChI=1S/C15H13N3O.CH5N/c1-19-15-14-12(7-9-17-15)13(8-10-16-14)18-11-5-3-2-4-6-11;1-2/h2-10H,1H3,(H,16,18);2H2,1H3. The molecule has 0 bridgehead atoms. The second kappa shape index (κ2) is 7.21. The Morgan fingerprint density at radius 2 is 1.67 bits per heavy atom. The van der Waals surface area contributed by atoms with Crippen LogP contribution in [0.25, 0.3) is 10.9 Å². The van der Waals surface area contributed by atoms with Crippen LogP contribution in [-0.2, 0) is 0 Å². The molecule has 0 aliphatic carbocycles. The molecule has 5 heteroatoms. The maximum absolute atomic E-state index is 5.23. The van der Waals surface area contributed by atoms with E-state index in [1.54, 1.807) is 19.5 Å². The van der Waals surface area contributed by atoms with E-state index in [4.69, 9.17) is 4.74 Å². The van der Waals surface area contributed by atoms with Crippen molar-refractivity contribution in [3.8, 4) is 5.88 Å². The number of ether oxygens (including phenoxy) is 1. The summed E-state index contributed by atoms with van der Waals surface area (Å²) in [5.41, 5.74) is 7.27. The van der Waals surface area contributed by atoms with Crippen molar-refractivity contribution in [2.75, 3.05) is 19.5 Å². The maximum Gasteiger partial charge on any atom is 0.240 e. The Labute approximate surface area is 123 Å². The van der Waals surface area contributed by atoms with E-state index in [2.05, 4.69) is 21.0 Å². The minimum Gasteiger partial charge on any atom is -0.479 e. The molecule has 0 radical (unpaired) electrons. The van der Waals surface area contributed by atoms with Crippen molar-refractivity contribution < 1.29 is 4.74 Å². The fourth-order valence-corrected chi connectivity index (χ4v) is 1.99. The molecule has 0 saturated heterocycles. The van der Waals surface area contributed by atoms with E-state index >= 15 is 0 Å². The molecule has 5 nitrogen and oxygen atoms in total. The summed E-state index contributed by atoms with van der Waals surface area (Å²) in [6.07, 6.45) is 3.47. The van der Waals surface area contributed by atoms with Gasteiger partial charge in [0.25, 0.3) is 0 Å². The second-order valence-electron chi connectivity index (χ2n) is 4.07. The molecule has 3 rings (SSSR count). The smallest absolute Gasteiger partial charge is 0.240 e. The van der Waals surface area contributed by atoms with Crippen LogP contribution in [0.4, 0.5) is 11.4 Å². The fraction of sp³-hybridized carbons (Fsp3) is 0.125. The first-order chi connectivity index (χ1) is 10.4. The largest absolute Gasteiger partial charge is 0.479 e. The van der Waals surface area contributed by atoms with E-state index in [1.807, 2.05) is 42.5 Å². The summed E-state index contributed by atoms with van der Waals surface area (Å²) in [7, 11) is 3.10. The molecule has 1 aromatic carbocycles. The zero-order chi connectivity index (χ0) is 15.1. The lowest BCUT2D eigenvalue weighted by Crippen LogP contribution is -1.95. The summed E-state index contributed by atoms with van der Waals surface area (Å²) >= 11 is 0. The topological polar surface area (TPSA) is 73.1 Å². The third-order valence-corrected chi connectivity index (χ3v) is 2.87. The summed E-state index contributed by atoms with van der Waals surface area (Å²) in [5.74, 6) is 0.536. The summed E-state index contributed by atoms with van der Waals surface area (Å²) in [5, 5.41) is 4.36. The van der Waals surface area contributed by atoms with Gasteiger partial charge in [-0.15, -0.1) is 0 Å². The van der Waals surface area contributed by atoms with Crippen molar-refractivity contribution in [2.24, 2.45) is 5.73 Å². The molecule has 0 aliphatic heterocycles. The summed E-state index contributed by atoms with van der Waals surface area (Å²) in [4.78, 5) is 8.49. The number of anilines is 2. The Bertz CT molecular complexity index is 701. The molecule has 2 aromatic heterocycles. The van der Waals surface area contributed by atoms with E-state index in [1.165, 1.54) is 7.05 Å². The first-order valence-electron chi connectivity index (χ1n) is 6.56. The van der Waals surface area contributed by atoms with Crippen molar-refractivity contribution in [1.82, 2.24) is 9.97 Å². The molecule has 0 amide bonds. The SMILES string of the molecule is CN.COc1nccc2c(Nc3ccccc3)ccnc12. The van der Waals surface area contributed by atoms with Crippen molar-refractivity contribution in [3.05, 3.63) is 54.9 Å². The number of methoxy groups -OCH3 is 1. The van der Waals surface area contributed by atoms with Gasteiger partial charge in [0, 0.05) is 29.2 Å². The van der Waals surface area contributed by atoms with Gasteiger partial charge in [-0.2, -0.15) is 0 Å². The molecular formula is C16H18N4O. The average molecular weight is 282 g/mol. The van der Waals surface area contributed by atoms with Crippen LogP contribution in [0.3, 0.4) is 0 Å². The van der Waals surface area contributed by atoms with Gasteiger partial charge in [0.2, 0.25) is 5.88 Å². The predicted molar refractivity (Wildman–Crippen MR) is 85.9 cm³/mol. The Hall–Kier alpha value is -2.66. The van der Waals surface area contributed by atoms with Gasteiger partial charge in [0.15, 0.2) is 0 Å². The summed E-state index contributed by atoms with van der Waals surface area (Å²) in [6.45, 7) is 0. The summed E-state index contributed by atoms with van der Waals surface area (Å²) < 4.78 is 5.23. The highest BCUT2D eigenvalue weighted by Crippen LogP contribution is 2.28. The van der Waals surface area contributed by atoms with Crippen LogP contribution in [-0.4, -0.2) is 24.1 Å². The summed E-state index contributed by atoms with van der Waals surface area (Å²) in [6, 6.07) is 13.9. The number of rotatable bonds is 3. The first kappa shape index (κ1) is 14.7. The van der Waals surface area contributed by atoms with E-state index in [0.717, 1.165) is 22.3 Å². The number of hydrogen-bond acceptors (Lipinski definition) is 5. The van der Waals surface area contributed by atoms with Crippen molar-refractivity contribution >= 4 is 22.3 Å². The maximum atomic E-state index is 5.23.